The Morgan fingerprint density at radius 1 is 0.706 bits per heavy atom. The highest BCUT2D eigenvalue weighted by Gasteiger charge is 2.20. The van der Waals surface area contributed by atoms with E-state index in [4.69, 9.17) is 33.2 Å². The Labute approximate surface area is 205 Å². The molecule has 1 aliphatic heterocycles. The van der Waals surface area contributed by atoms with Crippen LogP contribution in [0, 0.1) is 0 Å². The van der Waals surface area contributed by atoms with E-state index in [-0.39, 0.29) is 5.91 Å². The van der Waals surface area contributed by atoms with Crippen molar-refractivity contribution in [2.75, 3.05) is 106 Å². The molecular formula is C24H48N2O8. The van der Waals surface area contributed by atoms with E-state index in [0.717, 1.165) is 25.9 Å². The van der Waals surface area contributed by atoms with Gasteiger partial charge in [-0.2, -0.15) is 0 Å². The van der Waals surface area contributed by atoms with Gasteiger partial charge in [0.15, 0.2) is 0 Å². The zero-order valence-corrected chi connectivity index (χ0v) is 21.6. The lowest BCUT2D eigenvalue weighted by atomic mass is 10.1. The summed E-state index contributed by atoms with van der Waals surface area (Å²) in [5.74, 6) is -0.0525. The predicted molar refractivity (Wildman–Crippen MR) is 129 cm³/mol. The second-order valence-electron chi connectivity index (χ2n) is 8.36. The number of hydrogen-bond acceptors (Lipinski definition) is 9. The van der Waals surface area contributed by atoms with Gasteiger partial charge in [-0.1, -0.05) is 0 Å². The van der Waals surface area contributed by atoms with E-state index >= 15 is 0 Å². The average Bonchev–Trinajstić information content (AvgIpc) is 2.82. The molecule has 0 aromatic carbocycles. The van der Waals surface area contributed by atoms with Gasteiger partial charge in [0, 0.05) is 32.6 Å². The number of rotatable bonds is 23. The van der Waals surface area contributed by atoms with Gasteiger partial charge in [0.1, 0.15) is 0 Å². The fourth-order valence-corrected chi connectivity index (χ4v) is 3.33. The number of amides is 1. The molecule has 1 rings (SSSR count). The molecule has 10 nitrogen and oxygen atoms in total. The Morgan fingerprint density at radius 3 is 1.47 bits per heavy atom. The molecule has 0 aromatic heterocycles. The smallest absolute Gasteiger partial charge is 0.216 e. The van der Waals surface area contributed by atoms with Gasteiger partial charge in [0.2, 0.25) is 5.91 Å². The number of nitrogens with one attached hydrogen (secondary N) is 1. The van der Waals surface area contributed by atoms with Gasteiger partial charge in [-0.05, 0) is 26.7 Å². The van der Waals surface area contributed by atoms with E-state index in [1.807, 2.05) is 0 Å². The van der Waals surface area contributed by atoms with Crippen LogP contribution < -0.4 is 5.32 Å². The summed E-state index contributed by atoms with van der Waals surface area (Å²) >= 11 is 0. The van der Waals surface area contributed by atoms with Crippen LogP contribution in [0.1, 0.15) is 33.6 Å². The molecule has 0 atom stereocenters. The Bertz CT molecular complexity index is 462. The molecular weight excluding hydrogens is 444 g/mol. The van der Waals surface area contributed by atoms with E-state index in [1.54, 1.807) is 0 Å². The fourth-order valence-electron chi connectivity index (χ4n) is 3.33. The van der Waals surface area contributed by atoms with Crippen LogP contribution in [-0.2, 0) is 38.0 Å². The van der Waals surface area contributed by atoms with Gasteiger partial charge in [-0.15, -0.1) is 0 Å². The molecule has 0 radical (unpaired) electrons. The summed E-state index contributed by atoms with van der Waals surface area (Å²) in [4.78, 5) is 13.2. The van der Waals surface area contributed by atoms with Crippen molar-refractivity contribution in [2.45, 2.75) is 45.8 Å². The Balaban J connectivity index is 1.68. The molecule has 1 aliphatic rings. The average molecular weight is 493 g/mol. The molecule has 34 heavy (non-hydrogen) atoms. The van der Waals surface area contributed by atoms with Crippen LogP contribution in [0.15, 0.2) is 0 Å². The molecule has 0 aliphatic carbocycles. The van der Waals surface area contributed by atoms with Gasteiger partial charge < -0.3 is 43.4 Å². The van der Waals surface area contributed by atoms with Crippen molar-refractivity contribution in [1.29, 1.82) is 0 Å². The first-order valence-electron chi connectivity index (χ1n) is 12.7. The fraction of sp³-hybridized carbons (Fsp3) is 0.958. The van der Waals surface area contributed by atoms with E-state index in [1.165, 1.54) is 6.92 Å². The molecule has 1 fully saturated rings. The molecule has 1 N–H and O–H groups in total. The van der Waals surface area contributed by atoms with Gasteiger partial charge in [0.05, 0.1) is 92.0 Å². The molecule has 1 heterocycles. The Hall–Kier alpha value is -0.850. The van der Waals surface area contributed by atoms with Crippen molar-refractivity contribution in [1.82, 2.24) is 10.2 Å². The molecule has 10 heteroatoms. The number of carbonyl (C=O) groups excluding carboxylic acids is 1. The quantitative estimate of drug-likeness (QED) is 0.210. The zero-order chi connectivity index (χ0) is 24.7. The normalized spacial score (nSPS) is 15.3. The second kappa shape index (κ2) is 22.6. The summed E-state index contributed by atoms with van der Waals surface area (Å²) in [5.41, 5.74) is 0. The summed E-state index contributed by atoms with van der Waals surface area (Å²) in [5, 5.41) is 2.66. The molecule has 0 bridgehead atoms. The Morgan fingerprint density at radius 2 is 1.09 bits per heavy atom. The minimum Gasteiger partial charge on any atom is -0.377 e. The summed E-state index contributed by atoms with van der Waals surface area (Å²) in [7, 11) is 0. The SMILES string of the molecule is CC(=O)NCCOCCOCCOCCOCCOCCOCCOC1CCN(C(C)C)CC1. The van der Waals surface area contributed by atoms with Crippen LogP contribution in [-0.4, -0.2) is 128 Å². The zero-order valence-electron chi connectivity index (χ0n) is 21.6. The van der Waals surface area contributed by atoms with E-state index in [9.17, 15) is 4.79 Å². The Kier molecular flexibility index (Phi) is 20.7. The van der Waals surface area contributed by atoms with Crippen molar-refractivity contribution in [2.24, 2.45) is 0 Å². The molecule has 0 spiro atoms. The second-order valence-corrected chi connectivity index (χ2v) is 8.36. The van der Waals surface area contributed by atoms with Crippen molar-refractivity contribution >= 4 is 5.91 Å². The first kappa shape index (κ1) is 31.2. The monoisotopic (exact) mass is 492 g/mol. The molecule has 1 saturated heterocycles. The number of piperidine rings is 1. The minimum atomic E-state index is -0.0525. The van der Waals surface area contributed by atoms with Crippen LogP contribution >= 0.6 is 0 Å². The molecule has 0 unspecified atom stereocenters. The van der Waals surface area contributed by atoms with Gasteiger partial charge in [-0.3, -0.25) is 4.79 Å². The van der Waals surface area contributed by atoms with E-state index in [2.05, 4.69) is 24.1 Å². The van der Waals surface area contributed by atoms with Crippen molar-refractivity contribution in [3.63, 3.8) is 0 Å². The third-order valence-corrected chi connectivity index (χ3v) is 5.27. The van der Waals surface area contributed by atoms with Crippen molar-refractivity contribution < 1.29 is 38.0 Å². The van der Waals surface area contributed by atoms with E-state index in [0.29, 0.717) is 105 Å². The standard InChI is InChI=1S/C24H48N2O8/c1-22(2)26-7-4-24(5-8-26)34-21-20-33-19-18-32-17-16-31-15-14-30-13-12-29-11-10-28-9-6-25-23(3)27/h22,24H,4-21H2,1-3H3,(H,25,27). The topological polar surface area (TPSA) is 97.0 Å². The summed E-state index contributed by atoms with van der Waals surface area (Å²) < 4.78 is 38.6. The van der Waals surface area contributed by atoms with Crippen LogP contribution in [0.4, 0.5) is 0 Å². The molecule has 0 aromatic rings. The van der Waals surface area contributed by atoms with E-state index < -0.39 is 0 Å². The largest absolute Gasteiger partial charge is 0.377 e. The molecule has 1 amide bonds. The van der Waals surface area contributed by atoms with Crippen molar-refractivity contribution in [3.05, 3.63) is 0 Å². The first-order valence-corrected chi connectivity index (χ1v) is 12.7. The highest BCUT2D eigenvalue weighted by Crippen LogP contribution is 2.15. The van der Waals surface area contributed by atoms with Gasteiger partial charge in [-0.25, -0.2) is 0 Å². The first-order chi connectivity index (χ1) is 16.6. The van der Waals surface area contributed by atoms with Crippen LogP contribution in [0.5, 0.6) is 0 Å². The maximum absolute atomic E-state index is 10.7. The summed E-state index contributed by atoms with van der Waals surface area (Å²) in [6.07, 6.45) is 2.59. The van der Waals surface area contributed by atoms with Crippen molar-refractivity contribution in [3.8, 4) is 0 Å². The number of nitrogens with zero attached hydrogens (tertiary/aromatic N) is 1. The predicted octanol–water partition coefficient (Wildman–Crippen LogP) is 1.11. The maximum atomic E-state index is 10.7. The highest BCUT2D eigenvalue weighted by molar-refractivity contribution is 5.72. The van der Waals surface area contributed by atoms with Gasteiger partial charge >= 0.3 is 0 Å². The number of ether oxygens (including phenoxy) is 7. The highest BCUT2D eigenvalue weighted by atomic mass is 16.6. The third-order valence-electron chi connectivity index (χ3n) is 5.27. The van der Waals surface area contributed by atoms with Crippen LogP contribution in [0.2, 0.25) is 0 Å². The summed E-state index contributed by atoms with van der Waals surface area (Å²) in [6.45, 7) is 15.8. The maximum Gasteiger partial charge on any atom is 0.216 e. The number of hydrogen-bond donors (Lipinski definition) is 1. The van der Waals surface area contributed by atoms with Gasteiger partial charge in [0.25, 0.3) is 0 Å². The third kappa shape index (κ3) is 19.5. The minimum absolute atomic E-state index is 0.0525. The lowest BCUT2D eigenvalue weighted by Gasteiger charge is -2.34. The van der Waals surface area contributed by atoms with Crippen LogP contribution in [0.25, 0.3) is 0 Å². The lowest BCUT2D eigenvalue weighted by molar-refractivity contribution is -0.119. The molecule has 202 valence electrons. The number of carbonyl (C=O) groups is 1. The summed E-state index contributed by atoms with van der Waals surface area (Å²) in [6, 6.07) is 0.625. The number of likely N-dealkylation sites (tertiary alicyclic amines) is 1. The molecule has 0 saturated carbocycles. The lowest BCUT2D eigenvalue weighted by Crippen LogP contribution is -2.41. The van der Waals surface area contributed by atoms with Crippen LogP contribution in [0.3, 0.4) is 0 Å².